The van der Waals surface area contributed by atoms with E-state index < -0.39 is 0 Å². The van der Waals surface area contributed by atoms with Crippen molar-refractivity contribution >= 4 is 15.9 Å². The summed E-state index contributed by atoms with van der Waals surface area (Å²) in [5.41, 5.74) is 1.08. The predicted molar refractivity (Wildman–Crippen MR) is 85.8 cm³/mol. The highest BCUT2D eigenvalue weighted by Gasteiger charge is 2.11. The van der Waals surface area contributed by atoms with Crippen LogP contribution in [0.25, 0.3) is 0 Å². The van der Waals surface area contributed by atoms with E-state index in [4.69, 9.17) is 9.47 Å². The van der Waals surface area contributed by atoms with Crippen molar-refractivity contribution in [1.29, 1.82) is 0 Å². The minimum Gasteiger partial charge on any atom is -0.493 e. The van der Waals surface area contributed by atoms with Crippen LogP contribution in [0.5, 0.6) is 11.5 Å². The van der Waals surface area contributed by atoms with Gasteiger partial charge in [-0.15, -0.1) is 0 Å². The fourth-order valence-corrected chi connectivity index (χ4v) is 2.65. The molecular formula is C15H20BrN3O2. The normalized spacial score (nSPS) is 10.6. The molecule has 21 heavy (non-hydrogen) atoms. The van der Waals surface area contributed by atoms with E-state index >= 15 is 0 Å². The van der Waals surface area contributed by atoms with Gasteiger partial charge in [0.1, 0.15) is 0 Å². The monoisotopic (exact) mass is 353 g/mol. The Morgan fingerprint density at radius 1 is 1.29 bits per heavy atom. The van der Waals surface area contributed by atoms with Gasteiger partial charge in [0.2, 0.25) is 0 Å². The van der Waals surface area contributed by atoms with Crippen molar-refractivity contribution in [1.82, 2.24) is 14.9 Å². The molecule has 0 atom stereocenters. The predicted octanol–water partition coefficient (Wildman–Crippen LogP) is 2.84. The van der Waals surface area contributed by atoms with Crippen LogP contribution in [0.2, 0.25) is 0 Å². The lowest BCUT2D eigenvalue weighted by Gasteiger charge is -2.14. The number of aromatic nitrogens is 2. The molecule has 0 radical (unpaired) electrons. The first kappa shape index (κ1) is 15.9. The highest BCUT2D eigenvalue weighted by atomic mass is 79.9. The van der Waals surface area contributed by atoms with E-state index in [-0.39, 0.29) is 0 Å². The van der Waals surface area contributed by atoms with Gasteiger partial charge in [0.25, 0.3) is 0 Å². The zero-order valence-corrected chi connectivity index (χ0v) is 13.9. The van der Waals surface area contributed by atoms with Crippen molar-refractivity contribution in [2.75, 3.05) is 20.8 Å². The average molecular weight is 354 g/mol. The number of halogens is 1. The summed E-state index contributed by atoms with van der Waals surface area (Å²) in [5, 5.41) is 3.43. The van der Waals surface area contributed by atoms with Crippen LogP contribution < -0.4 is 14.8 Å². The van der Waals surface area contributed by atoms with E-state index in [1.165, 1.54) is 0 Å². The van der Waals surface area contributed by atoms with Gasteiger partial charge in [-0.05, 0) is 25.1 Å². The molecule has 0 bridgehead atoms. The van der Waals surface area contributed by atoms with Crippen LogP contribution in [0, 0.1) is 0 Å². The quantitative estimate of drug-likeness (QED) is 0.741. The maximum Gasteiger partial charge on any atom is 0.165 e. The number of ether oxygens (including phenoxy) is 2. The van der Waals surface area contributed by atoms with Crippen molar-refractivity contribution in [3.8, 4) is 11.5 Å². The molecule has 114 valence electrons. The van der Waals surface area contributed by atoms with E-state index in [1.807, 2.05) is 24.7 Å². The molecule has 0 spiro atoms. The fraction of sp³-hybridized carbons (Fsp3) is 0.400. The number of benzene rings is 1. The van der Waals surface area contributed by atoms with Gasteiger partial charge >= 0.3 is 0 Å². The molecule has 5 nitrogen and oxygen atoms in total. The van der Waals surface area contributed by atoms with Gasteiger partial charge in [0.05, 0.1) is 20.5 Å². The third-order valence-electron chi connectivity index (χ3n) is 3.17. The first-order valence-corrected chi connectivity index (χ1v) is 7.60. The SMILES string of the molecule is COc1cc(Br)cc(CNCCCn2ccnc2)c1OC. The summed E-state index contributed by atoms with van der Waals surface area (Å²) in [6, 6.07) is 3.95. The Kier molecular flexibility index (Phi) is 6.07. The van der Waals surface area contributed by atoms with Crippen LogP contribution >= 0.6 is 15.9 Å². The lowest BCUT2D eigenvalue weighted by atomic mass is 10.2. The largest absolute Gasteiger partial charge is 0.493 e. The van der Waals surface area contributed by atoms with E-state index in [0.29, 0.717) is 0 Å². The molecule has 0 aliphatic rings. The molecule has 2 aromatic rings. The van der Waals surface area contributed by atoms with Crippen LogP contribution in [0.15, 0.2) is 35.3 Å². The molecule has 0 aliphatic heterocycles. The van der Waals surface area contributed by atoms with Crippen molar-refractivity contribution in [3.05, 3.63) is 40.9 Å². The zero-order valence-electron chi connectivity index (χ0n) is 12.3. The topological polar surface area (TPSA) is 48.3 Å². The number of imidazole rings is 1. The number of nitrogens with zero attached hydrogens (tertiary/aromatic N) is 2. The number of rotatable bonds is 8. The third kappa shape index (κ3) is 4.47. The average Bonchev–Trinajstić information content (AvgIpc) is 2.99. The zero-order chi connectivity index (χ0) is 15.1. The van der Waals surface area contributed by atoms with Crippen LogP contribution in [-0.4, -0.2) is 30.3 Å². The van der Waals surface area contributed by atoms with Crippen molar-refractivity contribution in [2.45, 2.75) is 19.5 Å². The van der Waals surface area contributed by atoms with Crippen molar-refractivity contribution in [3.63, 3.8) is 0 Å². The molecule has 1 heterocycles. The Morgan fingerprint density at radius 3 is 2.81 bits per heavy atom. The molecule has 0 saturated carbocycles. The van der Waals surface area contributed by atoms with Crippen LogP contribution in [0.1, 0.15) is 12.0 Å². The van der Waals surface area contributed by atoms with Gasteiger partial charge in [0.15, 0.2) is 11.5 Å². The van der Waals surface area contributed by atoms with Crippen molar-refractivity contribution in [2.24, 2.45) is 0 Å². The smallest absolute Gasteiger partial charge is 0.165 e. The minimum absolute atomic E-state index is 0.738. The van der Waals surface area contributed by atoms with Crippen LogP contribution in [0.4, 0.5) is 0 Å². The summed E-state index contributed by atoms with van der Waals surface area (Å²) >= 11 is 3.49. The molecule has 6 heteroatoms. The molecule has 1 aromatic carbocycles. The number of aryl methyl sites for hydroxylation is 1. The maximum atomic E-state index is 5.44. The Labute approximate surface area is 133 Å². The standard InChI is InChI=1S/C15H20BrN3O2/c1-20-14-9-13(16)8-12(15(14)21-2)10-17-4-3-6-19-7-5-18-11-19/h5,7-9,11,17H,3-4,6,10H2,1-2H3. The number of methoxy groups -OCH3 is 2. The van der Waals surface area contributed by atoms with Gasteiger partial charge in [0, 0.05) is 35.5 Å². The number of hydrogen-bond acceptors (Lipinski definition) is 4. The molecule has 0 unspecified atom stereocenters. The molecule has 2 rings (SSSR count). The van der Waals surface area contributed by atoms with Gasteiger partial charge in [-0.25, -0.2) is 4.98 Å². The lowest BCUT2D eigenvalue weighted by Crippen LogP contribution is -2.17. The van der Waals surface area contributed by atoms with Gasteiger partial charge < -0.3 is 19.4 Å². The van der Waals surface area contributed by atoms with Gasteiger partial charge in [-0.1, -0.05) is 15.9 Å². The minimum atomic E-state index is 0.738. The summed E-state index contributed by atoms with van der Waals surface area (Å²) in [4.78, 5) is 4.03. The summed E-state index contributed by atoms with van der Waals surface area (Å²) in [7, 11) is 3.31. The van der Waals surface area contributed by atoms with Gasteiger partial charge in [-0.2, -0.15) is 0 Å². The Hall–Kier alpha value is -1.53. The molecular weight excluding hydrogens is 334 g/mol. The number of nitrogens with one attached hydrogen (secondary N) is 1. The summed E-state index contributed by atoms with van der Waals surface area (Å²) in [6.45, 7) is 2.63. The highest BCUT2D eigenvalue weighted by molar-refractivity contribution is 9.10. The second-order valence-electron chi connectivity index (χ2n) is 4.63. The molecule has 1 N–H and O–H groups in total. The maximum absolute atomic E-state index is 5.44. The van der Waals surface area contributed by atoms with Gasteiger partial charge in [-0.3, -0.25) is 0 Å². The molecule has 0 saturated heterocycles. The molecule has 1 aromatic heterocycles. The van der Waals surface area contributed by atoms with E-state index in [9.17, 15) is 0 Å². The summed E-state index contributed by atoms with van der Waals surface area (Å²) in [5.74, 6) is 1.52. The highest BCUT2D eigenvalue weighted by Crippen LogP contribution is 2.34. The second kappa shape index (κ2) is 8.05. The molecule has 0 amide bonds. The summed E-state index contributed by atoms with van der Waals surface area (Å²) < 4.78 is 13.8. The Bertz CT molecular complexity index is 558. The lowest BCUT2D eigenvalue weighted by molar-refractivity contribution is 0.350. The van der Waals surface area contributed by atoms with E-state index in [1.54, 1.807) is 20.4 Å². The van der Waals surface area contributed by atoms with Crippen LogP contribution in [0.3, 0.4) is 0 Å². The fourth-order valence-electron chi connectivity index (χ4n) is 2.17. The molecule has 0 aliphatic carbocycles. The van der Waals surface area contributed by atoms with Crippen LogP contribution in [-0.2, 0) is 13.1 Å². The third-order valence-corrected chi connectivity index (χ3v) is 3.62. The summed E-state index contributed by atoms with van der Waals surface area (Å²) in [6.07, 6.45) is 6.65. The Balaban J connectivity index is 1.86. The Morgan fingerprint density at radius 2 is 2.14 bits per heavy atom. The molecule has 0 fully saturated rings. The number of hydrogen-bond donors (Lipinski definition) is 1. The van der Waals surface area contributed by atoms with E-state index in [0.717, 1.165) is 47.6 Å². The van der Waals surface area contributed by atoms with E-state index in [2.05, 4.69) is 30.8 Å². The second-order valence-corrected chi connectivity index (χ2v) is 5.55. The first-order chi connectivity index (χ1) is 10.2. The van der Waals surface area contributed by atoms with Crippen molar-refractivity contribution < 1.29 is 9.47 Å². The first-order valence-electron chi connectivity index (χ1n) is 6.81.